The molecule has 0 fully saturated rings. The summed E-state index contributed by atoms with van der Waals surface area (Å²) >= 11 is 0. The molecule has 0 aliphatic rings. The number of nitrogens with one attached hydrogen (secondary N) is 2. The molecule has 150 valence electrons. The van der Waals surface area contributed by atoms with Gasteiger partial charge in [0.15, 0.2) is 5.78 Å². The highest BCUT2D eigenvalue weighted by molar-refractivity contribution is 6.15. The Bertz CT molecular complexity index is 1130. The Kier molecular flexibility index (Phi) is 6.56. The van der Waals surface area contributed by atoms with E-state index in [-0.39, 0.29) is 11.7 Å². The Morgan fingerprint density at radius 1 is 0.967 bits per heavy atom. The maximum atomic E-state index is 13.0. The molecule has 1 amide bonds. The van der Waals surface area contributed by atoms with Crippen LogP contribution in [0.25, 0.3) is 0 Å². The van der Waals surface area contributed by atoms with Gasteiger partial charge in [0.25, 0.3) is 5.91 Å². The molecule has 0 bridgehead atoms. The lowest BCUT2D eigenvalue weighted by Gasteiger charge is -2.11. The van der Waals surface area contributed by atoms with Gasteiger partial charge in [0.1, 0.15) is 11.9 Å². The quantitative estimate of drug-likeness (QED) is 0.468. The maximum absolute atomic E-state index is 13.0. The van der Waals surface area contributed by atoms with Gasteiger partial charge in [-0.05, 0) is 49.2 Å². The number of carbonyl (C=O) groups is 2. The molecule has 0 saturated heterocycles. The van der Waals surface area contributed by atoms with E-state index in [0.717, 1.165) is 11.1 Å². The summed E-state index contributed by atoms with van der Waals surface area (Å²) in [6.07, 6.45) is 1.59. The number of hydrogen-bond donors (Lipinski definition) is 2. The molecule has 1 aromatic heterocycles. The van der Waals surface area contributed by atoms with Gasteiger partial charge in [0, 0.05) is 30.4 Å². The van der Waals surface area contributed by atoms with Gasteiger partial charge < -0.3 is 10.6 Å². The third-order valence-electron chi connectivity index (χ3n) is 4.82. The van der Waals surface area contributed by atoms with Crippen LogP contribution in [0.3, 0.4) is 0 Å². The molecular formula is C24H22N4O2. The van der Waals surface area contributed by atoms with Crippen LogP contribution in [0, 0.1) is 25.2 Å². The van der Waals surface area contributed by atoms with E-state index in [0.29, 0.717) is 41.2 Å². The van der Waals surface area contributed by atoms with E-state index in [2.05, 4.69) is 21.7 Å². The molecular weight excluding hydrogens is 376 g/mol. The van der Waals surface area contributed by atoms with Crippen LogP contribution in [0.5, 0.6) is 0 Å². The summed E-state index contributed by atoms with van der Waals surface area (Å²) in [5.41, 5.74) is 3.82. The third kappa shape index (κ3) is 4.70. The van der Waals surface area contributed by atoms with E-state index in [1.54, 1.807) is 48.7 Å². The van der Waals surface area contributed by atoms with Crippen molar-refractivity contribution in [2.75, 3.05) is 18.4 Å². The maximum Gasteiger partial charge on any atom is 0.252 e. The summed E-state index contributed by atoms with van der Waals surface area (Å²) in [6, 6.07) is 17.7. The molecule has 3 rings (SSSR count). The Morgan fingerprint density at radius 3 is 2.47 bits per heavy atom. The van der Waals surface area contributed by atoms with Crippen molar-refractivity contribution in [3.8, 4) is 6.07 Å². The topological polar surface area (TPSA) is 94.9 Å². The summed E-state index contributed by atoms with van der Waals surface area (Å²) in [5.74, 6) is -0.0419. The van der Waals surface area contributed by atoms with Gasteiger partial charge >= 0.3 is 0 Å². The van der Waals surface area contributed by atoms with Crippen molar-refractivity contribution in [3.63, 3.8) is 0 Å². The van der Waals surface area contributed by atoms with Crippen molar-refractivity contribution in [1.82, 2.24) is 10.3 Å². The molecule has 0 radical (unpaired) electrons. The van der Waals surface area contributed by atoms with Gasteiger partial charge in [0.05, 0.1) is 11.1 Å². The summed E-state index contributed by atoms with van der Waals surface area (Å²) in [5, 5.41) is 14.9. The fraction of sp³-hybridized carbons (Fsp3) is 0.167. The minimum absolute atomic E-state index is 0.186. The van der Waals surface area contributed by atoms with Crippen LogP contribution in [-0.2, 0) is 0 Å². The fourth-order valence-electron chi connectivity index (χ4n) is 3.01. The molecule has 6 nitrogen and oxygen atoms in total. The monoisotopic (exact) mass is 398 g/mol. The number of carbonyl (C=O) groups excluding carboxylic acids is 2. The van der Waals surface area contributed by atoms with Crippen molar-refractivity contribution < 1.29 is 9.59 Å². The molecule has 2 aromatic carbocycles. The lowest BCUT2D eigenvalue weighted by Crippen LogP contribution is -2.30. The molecule has 2 N–H and O–H groups in total. The second kappa shape index (κ2) is 9.48. The molecule has 0 unspecified atom stereocenters. The summed E-state index contributed by atoms with van der Waals surface area (Å²) in [4.78, 5) is 29.8. The SMILES string of the molecule is Cc1ccc(C(=O)c2ccccc2C(=O)NCCNc2ncccc2C#N)cc1C. The first-order valence-electron chi connectivity index (χ1n) is 9.59. The minimum atomic E-state index is -0.328. The zero-order chi connectivity index (χ0) is 21.5. The Hall–Kier alpha value is -3.98. The minimum Gasteiger partial charge on any atom is -0.367 e. The van der Waals surface area contributed by atoms with E-state index >= 15 is 0 Å². The van der Waals surface area contributed by atoms with Crippen LogP contribution in [0.15, 0.2) is 60.8 Å². The lowest BCUT2D eigenvalue weighted by atomic mass is 9.95. The molecule has 30 heavy (non-hydrogen) atoms. The van der Waals surface area contributed by atoms with Crippen molar-refractivity contribution in [2.24, 2.45) is 0 Å². The zero-order valence-corrected chi connectivity index (χ0v) is 16.9. The average Bonchev–Trinajstić information content (AvgIpc) is 2.78. The third-order valence-corrected chi connectivity index (χ3v) is 4.82. The number of aryl methyl sites for hydroxylation is 2. The van der Waals surface area contributed by atoms with Crippen molar-refractivity contribution in [3.05, 3.63) is 94.2 Å². The predicted molar refractivity (Wildman–Crippen MR) is 116 cm³/mol. The first-order chi connectivity index (χ1) is 14.5. The van der Waals surface area contributed by atoms with E-state index in [9.17, 15) is 9.59 Å². The predicted octanol–water partition coefficient (Wildman–Crippen LogP) is 3.64. The number of ketones is 1. The number of benzene rings is 2. The highest BCUT2D eigenvalue weighted by Gasteiger charge is 2.18. The van der Waals surface area contributed by atoms with Crippen LogP contribution in [0.2, 0.25) is 0 Å². The number of aromatic nitrogens is 1. The summed E-state index contributed by atoms with van der Waals surface area (Å²) in [7, 11) is 0. The number of nitriles is 1. The van der Waals surface area contributed by atoms with Gasteiger partial charge in [-0.3, -0.25) is 9.59 Å². The van der Waals surface area contributed by atoms with E-state index in [1.807, 2.05) is 26.0 Å². The van der Waals surface area contributed by atoms with E-state index in [1.165, 1.54) is 0 Å². The normalized spacial score (nSPS) is 10.2. The molecule has 0 aliphatic heterocycles. The fourth-order valence-corrected chi connectivity index (χ4v) is 3.01. The number of hydrogen-bond acceptors (Lipinski definition) is 5. The second-order valence-corrected chi connectivity index (χ2v) is 6.87. The van der Waals surface area contributed by atoms with Gasteiger partial charge in [-0.15, -0.1) is 0 Å². The zero-order valence-electron chi connectivity index (χ0n) is 16.9. The Morgan fingerprint density at radius 2 is 1.73 bits per heavy atom. The molecule has 0 saturated carbocycles. The molecule has 0 atom stereocenters. The highest BCUT2D eigenvalue weighted by Crippen LogP contribution is 2.17. The van der Waals surface area contributed by atoms with Gasteiger partial charge in [-0.25, -0.2) is 4.98 Å². The lowest BCUT2D eigenvalue weighted by molar-refractivity contribution is 0.0943. The average molecular weight is 398 g/mol. The second-order valence-electron chi connectivity index (χ2n) is 6.87. The van der Waals surface area contributed by atoms with Gasteiger partial charge in [-0.1, -0.05) is 30.3 Å². The first-order valence-corrected chi connectivity index (χ1v) is 9.59. The molecule has 6 heteroatoms. The molecule has 1 heterocycles. The number of amides is 1. The first kappa shape index (κ1) is 20.7. The summed E-state index contributed by atoms with van der Waals surface area (Å²) in [6.45, 7) is 4.65. The Labute approximate surface area is 175 Å². The smallest absolute Gasteiger partial charge is 0.252 e. The van der Waals surface area contributed by atoms with Crippen LogP contribution < -0.4 is 10.6 Å². The van der Waals surface area contributed by atoms with Crippen LogP contribution in [-0.4, -0.2) is 29.8 Å². The van der Waals surface area contributed by atoms with Crippen LogP contribution in [0.4, 0.5) is 5.82 Å². The van der Waals surface area contributed by atoms with E-state index in [4.69, 9.17) is 5.26 Å². The van der Waals surface area contributed by atoms with Crippen molar-refractivity contribution in [2.45, 2.75) is 13.8 Å². The molecule has 3 aromatic rings. The van der Waals surface area contributed by atoms with Gasteiger partial charge in [-0.2, -0.15) is 5.26 Å². The molecule has 0 aliphatic carbocycles. The number of anilines is 1. The van der Waals surface area contributed by atoms with E-state index < -0.39 is 0 Å². The van der Waals surface area contributed by atoms with Crippen molar-refractivity contribution >= 4 is 17.5 Å². The number of rotatable bonds is 7. The van der Waals surface area contributed by atoms with Gasteiger partial charge in [0.2, 0.25) is 0 Å². The largest absolute Gasteiger partial charge is 0.367 e. The van der Waals surface area contributed by atoms with Crippen LogP contribution >= 0.6 is 0 Å². The van der Waals surface area contributed by atoms with Crippen molar-refractivity contribution in [1.29, 1.82) is 5.26 Å². The Balaban J connectivity index is 1.67. The number of pyridine rings is 1. The standard InChI is InChI=1S/C24H22N4O2/c1-16-9-10-18(14-17(16)2)22(29)20-7-3-4-8-21(20)24(30)28-13-12-27-23-19(15-25)6-5-11-26-23/h3-11,14H,12-13H2,1-2H3,(H,26,27)(H,28,30). The van der Waals surface area contributed by atoms with Crippen LogP contribution in [0.1, 0.15) is 43.0 Å². The highest BCUT2D eigenvalue weighted by atomic mass is 16.2. The number of nitrogens with zero attached hydrogens (tertiary/aromatic N) is 2. The molecule has 0 spiro atoms. The summed E-state index contributed by atoms with van der Waals surface area (Å²) < 4.78 is 0.